The van der Waals surface area contributed by atoms with Crippen LogP contribution >= 0.6 is 0 Å². The summed E-state index contributed by atoms with van der Waals surface area (Å²) in [5.74, 6) is 0. The van der Waals surface area contributed by atoms with E-state index in [0.29, 0.717) is 17.4 Å². The zero-order valence-corrected chi connectivity index (χ0v) is 8.45. The van der Waals surface area contributed by atoms with Crippen LogP contribution in [0, 0.1) is 0 Å². The van der Waals surface area contributed by atoms with Crippen LogP contribution in [0.25, 0.3) is 11.1 Å². The van der Waals surface area contributed by atoms with Crippen LogP contribution in [0.15, 0.2) is 30.5 Å². The molecule has 0 aliphatic rings. The number of nitrogens with one attached hydrogen (secondary N) is 1. The molecule has 2 aromatic rings. The molecule has 0 bridgehead atoms. The molecule has 1 N–H and O–H groups in total. The number of aldehydes is 1. The molecule has 0 fully saturated rings. The van der Waals surface area contributed by atoms with E-state index in [1.807, 2.05) is 0 Å². The Labute approximate surface area is 94.3 Å². The van der Waals surface area contributed by atoms with E-state index in [-0.39, 0.29) is 5.69 Å². The Morgan fingerprint density at radius 1 is 1.18 bits per heavy atom. The van der Waals surface area contributed by atoms with Gasteiger partial charge in [0, 0.05) is 11.8 Å². The molecule has 0 aliphatic carbocycles. The first-order valence-corrected chi connectivity index (χ1v) is 4.69. The van der Waals surface area contributed by atoms with Crippen molar-refractivity contribution in [1.29, 1.82) is 0 Å². The third kappa shape index (κ3) is 2.20. The highest BCUT2D eigenvalue weighted by Crippen LogP contribution is 2.31. The summed E-state index contributed by atoms with van der Waals surface area (Å²) >= 11 is 0. The lowest BCUT2D eigenvalue weighted by Gasteiger charge is -2.06. The number of carbonyl (C=O) groups is 1. The SMILES string of the molecule is O=Cc1n[nH]cc1-c1ccc(C(F)(F)F)cc1. The maximum atomic E-state index is 12.3. The van der Waals surface area contributed by atoms with E-state index in [1.165, 1.54) is 18.3 Å². The number of nitrogens with zero attached hydrogens (tertiary/aromatic N) is 1. The minimum atomic E-state index is -4.36. The summed E-state index contributed by atoms with van der Waals surface area (Å²) in [4.78, 5) is 10.6. The van der Waals surface area contributed by atoms with Gasteiger partial charge in [0.1, 0.15) is 5.69 Å². The molecule has 2 rings (SSSR count). The molecule has 0 amide bonds. The van der Waals surface area contributed by atoms with Gasteiger partial charge in [0.15, 0.2) is 6.29 Å². The minimum absolute atomic E-state index is 0.171. The number of halogens is 3. The van der Waals surface area contributed by atoms with Gasteiger partial charge in [-0.25, -0.2) is 0 Å². The summed E-state index contributed by atoms with van der Waals surface area (Å²) in [5, 5.41) is 6.16. The first-order chi connectivity index (χ1) is 8.02. The number of H-pyrrole nitrogens is 1. The van der Waals surface area contributed by atoms with Gasteiger partial charge in [-0.15, -0.1) is 0 Å². The predicted molar refractivity (Wildman–Crippen MR) is 54.4 cm³/mol. The van der Waals surface area contributed by atoms with Crippen LogP contribution in [0.3, 0.4) is 0 Å². The van der Waals surface area contributed by atoms with Crippen LogP contribution in [-0.2, 0) is 6.18 Å². The monoisotopic (exact) mass is 240 g/mol. The quantitative estimate of drug-likeness (QED) is 0.820. The fourth-order valence-electron chi connectivity index (χ4n) is 1.46. The van der Waals surface area contributed by atoms with E-state index in [4.69, 9.17) is 0 Å². The number of hydrogen-bond acceptors (Lipinski definition) is 2. The lowest BCUT2D eigenvalue weighted by atomic mass is 10.0. The molecular formula is C11H7F3N2O. The van der Waals surface area contributed by atoms with Crippen molar-refractivity contribution in [1.82, 2.24) is 10.2 Å². The molecule has 6 heteroatoms. The van der Waals surface area contributed by atoms with Gasteiger partial charge in [-0.2, -0.15) is 18.3 Å². The van der Waals surface area contributed by atoms with Gasteiger partial charge < -0.3 is 0 Å². The molecule has 0 radical (unpaired) electrons. The minimum Gasteiger partial charge on any atom is -0.296 e. The molecule has 1 aromatic heterocycles. The van der Waals surface area contributed by atoms with Gasteiger partial charge >= 0.3 is 6.18 Å². The van der Waals surface area contributed by atoms with Crippen LogP contribution in [0.2, 0.25) is 0 Å². The van der Waals surface area contributed by atoms with Crippen molar-refractivity contribution < 1.29 is 18.0 Å². The predicted octanol–water partition coefficient (Wildman–Crippen LogP) is 2.91. The van der Waals surface area contributed by atoms with Crippen LogP contribution < -0.4 is 0 Å². The van der Waals surface area contributed by atoms with Crippen LogP contribution in [-0.4, -0.2) is 16.5 Å². The van der Waals surface area contributed by atoms with Crippen LogP contribution in [0.5, 0.6) is 0 Å². The zero-order valence-electron chi connectivity index (χ0n) is 8.45. The van der Waals surface area contributed by atoms with Gasteiger partial charge in [-0.3, -0.25) is 9.89 Å². The molecule has 0 unspecified atom stereocenters. The molecule has 1 heterocycles. The normalized spacial score (nSPS) is 11.5. The summed E-state index contributed by atoms with van der Waals surface area (Å²) in [5.41, 5.74) is 0.435. The van der Waals surface area contributed by atoms with E-state index in [0.717, 1.165) is 12.1 Å². The van der Waals surface area contributed by atoms with Crippen molar-refractivity contribution in [2.24, 2.45) is 0 Å². The lowest BCUT2D eigenvalue weighted by molar-refractivity contribution is -0.137. The van der Waals surface area contributed by atoms with Crippen LogP contribution in [0.1, 0.15) is 16.1 Å². The van der Waals surface area contributed by atoms with Crippen molar-refractivity contribution in [2.75, 3.05) is 0 Å². The van der Waals surface area contributed by atoms with Gasteiger partial charge in [0.2, 0.25) is 0 Å². The van der Waals surface area contributed by atoms with Gasteiger partial charge in [-0.05, 0) is 17.7 Å². The number of alkyl halides is 3. The van der Waals surface area contributed by atoms with E-state index in [1.54, 1.807) is 0 Å². The molecule has 3 nitrogen and oxygen atoms in total. The van der Waals surface area contributed by atoms with Gasteiger partial charge in [-0.1, -0.05) is 12.1 Å². The Kier molecular flexibility index (Phi) is 2.71. The molecule has 88 valence electrons. The number of rotatable bonds is 2. The van der Waals surface area contributed by atoms with Crippen molar-refractivity contribution in [3.05, 3.63) is 41.7 Å². The molecule has 0 atom stereocenters. The average molecular weight is 240 g/mol. The smallest absolute Gasteiger partial charge is 0.296 e. The molecule has 17 heavy (non-hydrogen) atoms. The Hall–Kier alpha value is -2.11. The van der Waals surface area contributed by atoms with E-state index in [9.17, 15) is 18.0 Å². The molecular weight excluding hydrogens is 233 g/mol. The third-order valence-electron chi connectivity index (χ3n) is 2.30. The standard InChI is InChI=1S/C11H7F3N2O/c12-11(13,14)8-3-1-7(2-4-8)9-5-15-16-10(9)6-17/h1-6H,(H,15,16). The Balaban J connectivity index is 2.39. The van der Waals surface area contributed by atoms with Crippen molar-refractivity contribution in [2.45, 2.75) is 6.18 Å². The number of carbonyl (C=O) groups excluding carboxylic acids is 1. The Morgan fingerprint density at radius 3 is 2.35 bits per heavy atom. The van der Waals surface area contributed by atoms with Gasteiger partial charge in [0.25, 0.3) is 0 Å². The third-order valence-corrected chi connectivity index (χ3v) is 2.30. The summed E-state index contributed by atoms with van der Waals surface area (Å²) in [6.07, 6.45) is -2.35. The molecule has 0 spiro atoms. The molecule has 1 aromatic carbocycles. The first-order valence-electron chi connectivity index (χ1n) is 4.69. The van der Waals surface area contributed by atoms with Crippen LogP contribution in [0.4, 0.5) is 13.2 Å². The van der Waals surface area contributed by atoms with Crippen molar-refractivity contribution >= 4 is 6.29 Å². The molecule has 0 saturated carbocycles. The fraction of sp³-hybridized carbons (Fsp3) is 0.0909. The summed E-state index contributed by atoms with van der Waals surface area (Å²) in [7, 11) is 0. The highest BCUT2D eigenvalue weighted by molar-refractivity contribution is 5.84. The van der Waals surface area contributed by atoms with E-state index < -0.39 is 11.7 Å². The largest absolute Gasteiger partial charge is 0.416 e. The number of aromatic nitrogens is 2. The lowest BCUT2D eigenvalue weighted by Crippen LogP contribution is -2.04. The Bertz CT molecular complexity index is 528. The topological polar surface area (TPSA) is 45.8 Å². The maximum absolute atomic E-state index is 12.3. The molecule has 0 aliphatic heterocycles. The number of benzene rings is 1. The molecule has 0 saturated heterocycles. The van der Waals surface area contributed by atoms with E-state index >= 15 is 0 Å². The second-order valence-corrected chi connectivity index (χ2v) is 3.38. The summed E-state index contributed by atoms with van der Waals surface area (Å²) in [6, 6.07) is 4.55. The number of aromatic amines is 1. The van der Waals surface area contributed by atoms with Gasteiger partial charge in [0.05, 0.1) is 5.56 Å². The van der Waals surface area contributed by atoms with Crippen molar-refractivity contribution in [3.63, 3.8) is 0 Å². The maximum Gasteiger partial charge on any atom is 0.416 e. The highest BCUT2D eigenvalue weighted by Gasteiger charge is 2.30. The van der Waals surface area contributed by atoms with E-state index in [2.05, 4.69) is 10.2 Å². The zero-order chi connectivity index (χ0) is 12.5. The van der Waals surface area contributed by atoms with Crippen molar-refractivity contribution in [3.8, 4) is 11.1 Å². The second kappa shape index (κ2) is 4.04. The Morgan fingerprint density at radius 2 is 1.82 bits per heavy atom. The summed E-state index contributed by atoms with van der Waals surface area (Å²) in [6.45, 7) is 0. The first kappa shape index (κ1) is 11.4. The summed E-state index contributed by atoms with van der Waals surface area (Å²) < 4.78 is 37.0. The number of hydrogen-bond donors (Lipinski definition) is 1. The second-order valence-electron chi connectivity index (χ2n) is 3.38. The highest BCUT2D eigenvalue weighted by atomic mass is 19.4. The average Bonchev–Trinajstić information content (AvgIpc) is 2.76. The fourth-order valence-corrected chi connectivity index (χ4v) is 1.46.